The zero-order valence-corrected chi connectivity index (χ0v) is 16.5. The van der Waals surface area contributed by atoms with Gasteiger partial charge < -0.3 is 13.6 Å². The Morgan fingerprint density at radius 3 is 2.00 bits per heavy atom. The van der Waals surface area contributed by atoms with E-state index in [2.05, 4.69) is 53.7 Å². The quantitative estimate of drug-likeness (QED) is 0.358. The van der Waals surface area contributed by atoms with Crippen LogP contribution in [-0.4, -0.2) is 13.2 Å². The van der Waals surface area contributed by atoms with E-state index in [1.165, 1.54) is 11.1 Å². The molecule has 3 nitrogen and oxygen atoms in total. The van der Waals surface area contributed by atoms with E-state index in [0.29, 0.717) is 13.2 Å². The van der Waals surface area contributed by atoms with Crippen LogP contribution in [0.15, 0.2) is 18.2 Å². The maximum absolute atomic E-state index is 6.14. The molecule has 1 aromatic carbocycles. The van der Waals surface area contributed by atoms with Gasteiger partial charge in [0.15, 0.2) is 0 Å². The lowest BCUT2D eigenvalue weighted by Gasteiger charge is -2.25. The first kappa shape index (κ1) is 20.4. The average Bonchev–Trinajstić information content (AvgIpc) is 2.48. The molecule has 0 radical (unpaired) electrons. The van der Waals surface area contributed by atoms with Crippen LogP contribution in [0.4, 0.5) is 0 Å². The van der Waals surface area contributed by atoms with Crippen molar-refractivity contribution in [1.29, 1.82) is 0 Å². The number of hydrogen-bond donors (Lipinski definition) is 0. The van der Waals surface area contributed by atoms with Crippen LogP contribution < -0.4 is 4.52 Å². The van der Waals surface area contributed by atoms with Gasteiger partial charge in [-0.05, 0) is 31.2 Å². The van der Waals surface area contributed by atoms with E-state index in [9.17, 15) is 0 Å². The predicted octanol–water partition coefficient (Wildman–Crippen LogP) is 6.53. The van der Waals surface area contributed by atoms with Crippen molar-refractivity contribution < 1.29 is 13.6 Å². The summed E-state index contributed by atoms with van der Waals surface area (Å²) in [5, 5.41) is 0. The highest BCUT2D eigenvalue weighted by atomic mass is 31.2. The van der Waals surface area contributed by atoms with E-state index in [1.807, 2.05) is 6.07 Å². The molecule has 0 aliphatic heterocycles. The SMILES string of the molecule is CCCCOP(OCCCC)Oc1ccc(C)cc1C(C)(C)C. The Balaban J connectivity index is 2.84. The topological polar surface area (TPSA) is 27.7 Å². The second-order valence-corrected chi connectivity index (χ2v) is 8.08. The van der Waals surface area contributed by atoms with Crippen LogP contribution in [0.25, 0.3) is 0 Å². The minimum Gasteiger partial charge on any atom is -0.426 e. The number of hydrogen-bond acceptors (Lipinski definition) is 3. The summed E-state index contributed by atoms with van der Waals surface area (Å²) in [6, 6.07) is 6.31. The van der Waals surface area contributed by atoms with Crippen LogP contribution in [0, 0.1) is 6.92 Å². The van der Waals surface area contributed by atoms with Crippen molar-refractivity contribution in [2.24, 2.45) is 0 Å². The zero-order valence-electron chi connectivity index (χ0n) is 15.6. The Morgan fingerprint density at radius 2 is 1.52 bits per heavy atom. The van der Waals surface area contributed by atoms with E-state index in [1.54, 1.807) is 0 Å². The van der Waals surface area contributed by atoms with Gasteiger partial charge in [-0.3, -0.25) is 0 Å². The van der Waals surface area contributed by atoms with Crippen LogP contribution in [0.3, 0.4) is 0 Å². The molecule has 0 amide bonds. The Morgan fingerprint density at radius 1 is 0.957 bits per heavy atom. The largest absolute Gasteiger partial charge is 0.426 e. The third kappa shape index (κ3) is 7.65. The van der Waals surface area contributed by atoms with Gasteiger partial charge in [-0.1, -0.05) is 65.2 Å². The van der Waals surface area contributed by atoms with Gasteiger partial charge in [0.2, 0.25) is 0 Å². The van der Waals surface area contributed by atoms with Crippen LogP contribution in [0.2, 0.25) is 0 Å². The fourth-order valence-corrected chi connectivity index (χ4v) is 3.10. The Kier molecular flexibility index (Phi) is 9.12. The molecule has 0 unspecified atom stereocenters. The van der Waals surface area contributed by atoms with Gasteiger partial charge in [0, 0.05) is 5.56 Å². The first-order chi connectivity index (χ1) is 10.9. The smallest absolute Gasteiger partial charge is 0.397 e. The normalized spacial score (nSPS) is 12.0. The maximum Gasteiger partial charge on any atom is 0.397 e. The molecule has 0 atom stereocenters. The Labute approximate surface area is 143 Å². The third-order valence-electron chi connectivity index (χ3n) is 3.51. The van der Waals surface area contributed by atoms with E-state index < -0.39 is 8.60 Å². The molecule has 0 fully saturated rings. The van der Waals surface area contributed by atoms with Gasteiger partial charge in [0.05, 0.1) is 13.2 Å². The number of aryl methyl sites for hydroxylation is 1. The summed E-state index contributed by atoms with van der Waals surface area (Å²) in [4.78, 5) is 0. The van der Waals surface area contributed by atoms with Crippen LogP contribution in [0.1, 0.15) is 71.4 Å². The molecule has 0 aromatic heterocycles. The molecular formula is C19H33O3P. The summed E-state index contributed by atoms with van der Waals surface area (Å²) < 4.78 is 17.8. The van der Waals surface area contributed by atoms with Gasteiger partial charge in [0.25, 0.3) is 0 Å². The van der Waals surface area contributed by atoms with Crippen molar-refractivity contribution in [3.05, 3.63) is 29.3 Å². The molecule has 0 bridgehead atoms. The summed E-state index contributed by atoms with van der Waals surface area (Å²) in [5.74, 6) is 0.877. The molecule has 1 aromatic rings. The van der Waals surface area contributed by atoms with E-state index in [0.717, 1.165) is 31.4 Å². The first-order valence-electron chi connectivity index (χ1n) is 8.73. The lowest BCUT2D eigenvalue weighted by atomic mass is 9.85. The highest BCUT2D eigenvalue weighted by Crippen LogP contribution is 2.44. The van der Waals surface area contributed by atoms with E-state index in [-0.39, 0.29) is 5.41 Å². The van der Waals surface area contributed by atoms with Crippen molar-refractivity contribution in [3.8, 4) is 5.75 Å². The summed E-state index contributed by atoms with van der Waals surface area (Å²) >= 11 is 0. The summed E-state index contributed by atoms with van der Waals surface area (Å²) in [6.45, 7) is 14.4. The van der Waals surface area contributed by atoms with Gasteiger partial charge in [-0.15, -0.1) is 0 Å². The Bertz CT molecular complexity index is 444. The highest BCUT2D eigenvalue weighted by molar-refractivity contribution is 7.42. The van der Waals surface area contributed by atoms with Crippen LogP contribution >= 0.6 is 8.60 Å². The van der Waals surface area contributed by atoms with Crippen molar-refractivity contribution >= 4 is 8.60 Å². The van der Waals surface area contributed by atoms with Crippen molar-refractivity contribution in [1.82, 2.24) is 0 Å². The molecule has 4 heteroatoms. The molecule has 0 saturated carbocycles. The number of benzene rings is 1. The van der Waals surface area contributed by atoms with Gasteiger partial charge in [0.1, 0.15) is 5.75 Å². The molecule has 23 heavy (non-hydrogen) atoms. The predicted molar refractivity (Wildman–Crippen MR) is 99.1 cm³/mol. The minimum atomic E-state index is -1.33. The summed E-state index contributed by atoms with van der Waals surface area (Å²) in [5.41, 5.74) is 2.46. The lowest BCUT2D eigenvalue weighted by molar-refractivity contribution is 0.200. The monoisotopic (exact) mass is 340 g/mol. The van der Waals surface area contributed by atoms with Crippen molar-refractivity contribution in [2.75, 3.05) is 13.2 Å². The molecule has 1 rings (SSSR count). The average molecular weight is 340 g/mol. The lowest BCUT2D eigenvalue weighted by Crippen LogP contribution is -2.13. The first-order valence-corrected chi connectivity index (χ1v) is 9.83. The summed E-state index contributed by atoms with van der Waals surface area (Å²) in [7, 11) is -1.33. The van der Waals surface area contributed by atoms with Crippen molar-refractivity contribution in [2.45, 2.75) is 72.6 Å². The second kappa shape index (κ2) is 10.3. The van der Waals surface area contributed by atoms with E-state index >= 15 is 0 Å². The fraction of sp³-hybridized carbons (Fsp3) is 0.684. The van der Waals surface area contributed by atoms with Gasteiger partial charge >= 0.3 is 8.60 Å². The molecule has 0 aliphatic carbocycles. The minimum absolute atomic E-state index is 0.0230. The van der Waals surface area contributed by atoms with Gasteiger partial charge in [-0.2, -0.15) is 0 Å². The molecule has 0 N–H and O–H groups in total. The third-order valence-corrected chi connectivity index (χ3v) is 4.64. The number of unbranched alkanes of at least 4 members (excludes halogenated alkanes) is 2. The number of rotatable bonds is 10. The molecule has 0 saturated heterocycles. The van der Waals surface area contributed by atoms with E-state index in [4.69, 9.17) is 13.6 Å². The maximum atomic E-state index is 6.14. The van der Waals surface area contributed by atoms with Gasteiger partial charge in [-0.25, -0.2) is 0 Å². The highest BCUT2D eigenvalue weighted by Gasteiger charge is 2.23. The second-order valence-electron chi connectivity index (χ2n) is 6.94. The fourth-order valence-electron chi connectivity index (χ4n) is 2.05. The van der Waals surface area contributed by atoms with Crippen molar-refractivity contribution in [3.63, 3.8) is 0 Å². The molecule has 0 spiro atoms. The molecule has 132 valence electrons. The standard InChI is InChI=1S/C19H33O3P/c1-7-9-13-20-23(21-14-10-8-2)22-18-12-11-16(3)15-17(18)19(4,5)6/h11-12,15H,7-10,13-14H2,1-6H3. The summed E-state index contributed by atoms with van der Waals surface area (Å²) in [6.07, 6.45) is 4.27. The molecular weight excluding hydrogens is 307 g/mol. The van der Waals surface area contributed by atoms with Crippen LogP contribution in [0.5, 0.6) is 5.75 Å². The zero-order chi connectivity index (χ0) is 17.3. The molecule has 0 aliphatic rings. The van der Waals surface area contributed by atoms with Crippen LogP contribution in [-0.2, 0) is 14.5 Å². The molecule has 0 heterocycles. The Hall–Kier alpha value is -0.630.